The van der Waals surface area contributed by atoms with Crippen LogP contribution in [0.1, 0.15) is 40.5 Å². The third kappa shape index (κ3) is 9.59. The zero-order chi connectivity index (χ0) is 17.2. The summed E-state index contributed by atoms with van der Waals surface area (Å²) in [5.74, 6) is 5.58. The summed E-state index contributed by atoms with van der Waals surface area (Å²) in [6.07, 6.45) is 5.18. The van der Waals surface area contributed by atoms with Crippen molar-refractivity contribution in [1.82, 2.24) is 0 Å². The van der Waals surface area contributed by atoms with Gasteiger partial charge in [-0.15, -0.1) is 0 Å². The van der Waals surface area contributed by atoms with E-state index in [0.29, 0.717) is 0 Å². The van der Waals surface area contributed by atoms with E-state index in [0.717, 1.165) is 25.0 Å². The molecule has 0 unspecified atom stereocenters. The van der Waals surface area contributed by atoms with E-state index in [1.165, 1.54) is 6.92 Å². The number of carbonyl (C=O) groups is 1. The third-order valence-electron chi connectivity index (χ3n) is 3.72. The summed E-state index contributed by atoms with van der Waals surface area (Å²) in [6.45, 7) is 17.6. The predicted molar refractivity (Wildman–Crippen MR) is 95.1 cm³/mol. The molecule has 0 amide bonds. The number of hydrogen-bond acceptors (Lipinski definition) is 3. The summed E-state index contributed by atoms with van der Waals surface area (Å²) in [5.41, 5.74) is 0.899. The number of ether oxygens (including phenoxy) is 1. The number of carbonyl (C=O) groups excluding carboxylic acids is 1. The first-order valence-electron chi connectivity index (χ1n) is 7.68. The monoisotopic (exact) mass is 322 g/mol. The van der Waals surface area contributed by atoms with Crippen LogP contribution in [0.3, 0.4) is 0 Å². The van der Waals surface area contributed by atoms with E-state index in [2.05, 4.69) is 52.3 Å². The van der Waals surface area contributed by atoms with Crippen LogP contribution < -0.4 is 0 Å². The van der Waals surface area contributed by atoms with Crippen LogP contribution in [0.2, 0.25) is 18.1 Å². The second-order valence-electron chi connectivity index (χ2n) is 6.79. The molecule has 0 bridgehead atoms. The standard InChI is InChI=1S/C18H30O3Si/c1-16(12-9-8-10-14-20-17(2)19)13-11-15-21-22(6,7)18(3,4)5/h8,10H,1,11,13-15H2,2-7H3/b10-8+. The Kier molecular flexibility index (Phi) is 9.08. The van der Waals surface area contributed by atoms with Crippen LogP contribution in [0, 0.1) is 11.8 Å². The Bertz CT molecular complexity index is 459. The highest BCUT2D eigenvalue weighted by molar-refractivity contribution is 6.74. The lowest BCUT2D eigenvalue weighted by atomic mass is 10.2. The summed E-state index contributed by atoms with van der Waals surface area (Å²) >= 11 is 0. The van der Waals surface area contributed by atoms with Crippen molar-refractivity contribution in [2.45, 2.75) is 58.7 Å². The Morgan fingerprint density at radius 2 is 1.95 bits per heavy atom. The molecule has 0 aliphatic carbocycles. The SMILES string of the molecule is C=C(C#C/C=C/COC(C)=O)CCCO[Si](C)(C)C(C)(C)C. The maximum absolute atomic E-state index is 10.5. The molecule has 0 fully saturated rings. The molecule has 0 N–H and O–H groups in total. The minimum absolute atomic E-state index is 0.247. The van der Waals surface area contributed by atoms with Crippen LogP contribution in [0.25, 0.3) is 0 Å². The van der Waals surface area contributed by atoms with Gasteiger partial charge in [0.05, 0.1) is 0 Å². The third-order valence-corrected chi connectivity index (χ3v) is 8.26. The molecule has 4 heteroatoms. The normalized spacial score (nSPS) is 11.9. The molecule has 0 aromatic heterocycles. The second-order valence-corrected chi connectivity index (χ2v) is 11.6. The van der Waals surface area contributed by atoms with Crippen molar-refractivity contribution in [3.8, 4) is 11.8 Å². The van der Waals surface area contributed by atoms with E-state index in [-0.39, 0.29) is 17.6 Å². The molecule has 0 saturated heterocycles. The fourth-order valence-electron chi connectivity index (χ4n) is 1.31. The van der Waals surface area contributed by atoms with Gasteiger partial charge in [-0.05, 0) is 48.7 Å². The van der Waals surface area contributed by atoms with Crippen LogP contribution in [-0.2, 0) is 14.0 Å². The van der Waals surface area contributed by atoms with Crippen molar-refractivity contribution >= 4 is 14.3 Å². The molecule has 0 heterocycles. The summed E-state index contributed by atoms with van der Waals surface area (Å²) in [6, 6.07) is 0. The summed E-state index contributed by atoms with van der Waals surface area (Å²) in [5, 5.41) is 0.247. The Balaban J connectivity index is 3.95. The minimum Gasteiger partial charge on any atom is -0.462 e. The van der Waals surface area contributed by atoms with E-state index < -0.39 is 8.32 Å². The number of esters is 1. The average Bonchev–Trinajstić information content (AvgIpc) is 2.37. The first-order valence-corrected chi connectivity index (χ1v) is 10.6. The quantitative estimate of drug-likeness (QED) is 0.300. The van der Waals surface area contributed by atoms with Crippen LogP contribution >= 0.6 is 0 Å². The molecule has 124 valence electrons. The van der Waals surface area contributed by atoms with Crippen molar-refractivity contribution in [2.24, 2.45) is 0 Å². The minimum atomic E-state index is -1.64. The molecule has 3 nitrogen and oxygen atoms in total. The highest BCUT2D eigenvalue weighted by atomic mass is 28.4. The van der Waals surface area contributed by atoms with E-state index in [9.17, 15) is 4.79 Å². The summed E-state index contributed by atoms with van der Waals surface area (Å²) in [7, 11) is -1.64. The van der Waals surface area contributed by atoms with Gasteiger partial charge in [0.25, 0.3) is 0 Å². The topological polar surface area (TPSA) is 35.5 Å². The van der Waals surface area contributed by atoms with Crippen molar-refractivity contribution < 1.29 is 14.0 Å². The van der Waals surface area contributed by atoms with Gasteiger partial charge < -0.3 is 9.16 Å². The van der Waals surface area contributed by atoms with Crippen LogP contribution in [0.4, 0.5) is 0 Å². The second kappa shape index (κ2) is 9.65. The maximum Gasteiger partial charge on any atom is 0.302 e. The van der Waals surface area contributed by atoms with Crippen LogP contribution in [0.15, 0.2) is 24.3 Å². The molecule has 0 aliphatic rings. The van der Waals surface area contributed by atoms with Gasteiger partial charge in [0.1, 0.15) is 6.61 Å². The lowest BCUT2D eigenvalue weighted by molar-refractivity contribution is -0.139. The molecular formula is C18H30O3Si. The smallest absolute Gasteiger partial charge is 0.302 e. The van der Waals surface area contributed by atoms with Gasteiger partial charge in [-0.1, -0.05) is 39.2 Å². The fraction of sp³-hybridized carbons (Fsp3) is 0.611. The lowest BCUT2D eigenvalue weighted by Gasteiger charge is -2.36. The van der Waals surface area contributed by atoms with E-state index in [1.54, 1.807) is 12.2 Å². The van der Waals surface area contributed by atoms with Crippen molar-refractivity contribution in [2.75, 3.05) is 13.2 Å². The van der Waals surface area contributed by atoms with Gasteiger partial charge in [-0.25, -0.2) is 0 Å². The highest BCUT2D eigenvalue weighted by Gasteiger charge is 2.36. The zero-order valence-corrected chi connectivity index (χ0v) is 15.9. The Hall–Kier alpha value is -1.31. The van der Waals surface area contributed by atoms with Gasteiger partial charge >= 0.3 is 5.97 Å². The van der Waals surface area contributed by atoms with Gasteiger partial charge in [0, 0.05) is 13.5 Å². The molecular weight excluding hydrogens is 292 g/mol. The van der Waals surface area contributed by atoms with Crippen molar-refractivity contribution in [1.29, 1.82) is 0 Å². The predicted octanol–water partition coefficient (Wildman–Crippen LogP) is 4.47. The molecule has 0 saturated carbocycles. The Morgan fingerprint density at radius 1 is 1.32 bits per heavy atom. The molecule has 22 heavy (non-hydrogen) atoms. The molecule has 0 aliphatic heterocycles. The fourth-order valence-corrected chi connectivity index (χ4v) is 2.40. The van der Waals surface area contributed by atoms with Gasteiger partial charge in [-0.2, -0.15) is 0 Å². The van der Waals surface area contributed by atoms with Crippen molar-refractivity contribution in [3.05, 3.63) is 24.3 Å². The highest BCUT2D eigenvalue weighted by Crippen LogP contribution is 2.36. The van der Waals surface area contributed by atoms with Crippen molar-refractivity contribution in [3.63, 3.8) is 0 Å². The molecule has 0 spiro atoms. The molecule has 0 radical (unpaired) electrons. The Labute approximate surface area is 136 Å². The maximum atomic E-state index is 10.5. The van der Waals surface area contributed by atoms with Gasteiger partial charge in [0.2, 0.25) is 0 Å². The van der Waals surface area contributed by atoms with Crippen LogP contribution in [-0.4, -0.2) is 27.5 Å². The summed E-state index contributed by atoms with van der Waals surface area (Å²) < 4.78 is 10.9. The average molecular weight is 323 g/mol. The zero-order valence-electron chi connectivity index (χ0n) is 14.9. The molecule has 0 rings (SSSR count). The molecule has 0 atom stereocenters. The summed E-state index contributed by atoms with van der Waals surface area (Å²) in [4.78, 5) is 10.5. The molecule has 0 aromatic rings. The largest absolute Gasteiger partial charge is 0.462 e. The Morgan fingerprint density at radius 3 is 2.50 bits per heavy atom. The number of hydrogen-bond donors (Lipinski definition) is 0. The lowest BCUT2D eigenvalue weighted by Crippen LogP contribution is -2.40. The first-order chi connectivity index (χ1) is 10.1. The van der Waals surface area contributed by atoms with E-state index >= 15 is 0 Å². The van der Waals surface area contributed by atoms with Gasteiger partial charge in [0.15, 0.2) is 8.32 Å². The number of rotatable bonds is 7. The van der Waals surface area contributed by atoms with E-state index in [1.807, 2.05) is 0 Å². The van der Waals surface area contributed by atoms with Gasteiger partial charge in [-0.3, -0.25) is 4.79 Å². The van der Waals surface area contributed by atoms with E-state index in [4.69, 9.17) is 9.16 Å². The number of allylic oxidation sites excluding steroid dienone is 2. The molecule has 0 aromatic carbocycles. The van der Waals surface area contributed by atoms with Crippen LogP contribution in [0.5, 0.6) is 0 Å². The first kappa shape index (κ1) is 20.7.